The molecule has 0 saturated carbocycles. The van der Waals surface area contributed by atoms with E-state index in [1.54, 1.807) is 30.5 Å². The molecule has 2 aromatic carbocycles. The highest BCUT2D eigenvalue weighted by Gasteiger charge is 2.48. The number of furan rings is 1. The van der Waals surface area contributed by atoms with E-state index in [2.05, 4.69) is 29.2 Å². The van der Waals surface area contributed by atoms with Crippen molar-refractivity contribution in [2.75, 3.05) is 45.5 Å². The molecule has 0 bridgehead atoms. The molecular formula is C32H38ClN3O5S. The van der Waals surface area contributed by atoms with Gasteiger partial charge in [0.25, 0.3) is 5.91 Å². The van der Waals surface area contributed by atoms with Crippen LogP contribution in [-0.2, 0) is 21.2 Å². The first kappa shape index (κ1) is 30.3. The predicted molar refractivity (Wildman–Crippen MR) is 162 cm³/mol. The number of hydrogen-bond acceptors (Lipinski definition) is 6. The highest BCUT2D eigenvalue weighted by molar-refractivity contribution is 7.90. The van der Waals surface area contributed by atoms with Gasteiger partial charge in [-0.3, -0.25) is 9.59 Å². The van der Waals surface area contributed by atoms with Crippen LogP contribution in [0.25, 0.3) is 0 Å². The lowest BCUT2D eigenvalue weighted by Crippen LogP contribution is -2.46. The molecule has 1 aromatic heterocycles. The number of carbonyl (C=O) groups is 2. The first-order valence-corrected chi connectivity index (χ1v) is 16.3. The summed E-state index contributed by atoms with van der Waals surface area (Å²) in [5.41, 5.74) is 1.90. The van der Waals surface area contributed by atoms with Crippen LogP contribution < -0.4 is 0 Å². The number of hydrogen-bond donors (Lipinski definition) is 0. The minimum atomic E-state index is -3.24. The predicted octanol–water partition coefficient (Wildman–Crippen LogP) is 4.48. The third kappa shape index (κ3) is 6.14. The van der Waals surface area contributed by atoms with Crippen LogP contribution in [0.4, 0.5) is 0 Å². The normalized spacial score (nSPS) is 22.5. The molecule has 8 nitrogen and oxygen atoms in total. The van der Waals surface area contributed by atoms with Crippen LogP contribution in [-0.4, -0.2) is 80.5 Å². The Morgan fingerprint density at radius 3 is 2.26 bits per heavy atom. The number of amides is 2. The summed E-state index contributed by atoms with van der Waals surface area (Å²) in [6.07, 6.45) is 5.29. The zero-order valence-corrected chi connectivity index (χ0v) is 25.5. The van der Waals surface area contributed by atoms with Gasteiger partial charge in [-0.25, -0.2) is 8.42 Å². The van der Waals surface area contributed by atoms with Crippen LogP contribution in [0, 0.1) is 11.3 Å². The van der Waals surface area contributed by atoms with Crippen molar-refractivity contribution in [1.29, 1.82) is 0 Å². The van der Waals surface area contributed by atoms with Crippen molar-refractivity contribution in [2.45, 2.75) is 36.6 Å². The molecule has 3 aliphatic heterocycles. The Balaban J connectivity index is 0.00000353. The summed E-state index contributed by atoms with van der Waals surface area (Å²) in [5.74, 6) is 1.11. The fourth-order valence-corrected chi connectivity index (χ4v) is 7.55. The number of likely N-dealkylation sites (tertiary alicyclic amines) is 3. The molecule has 3 aliphatic rings. The second kappa shape index (κ2) is 12.2. The third-order valence-electron chi connectivity index (χ3n) is 9.32. The van der Waals surface area contributed by atoms with Crippen molar-refractivity contribution in [3.63, 3.8) is 0 Å². The number of benzene rings is 2. The Kier molecular flexibility index (Phi) is 8.83. The summed E-state index contributed by atoms with van der Waals surface area (Å²) in [6, 6.07) is 20.8. The second-order valence-electron chi connectivity index (χ2n) is 11.9. The van der Waals surface area contributed by atoms with E-state index in [1.807, 2.05) is 28.0 Å². The molecular weight excluding hydrogens is 574 g/mol. The van der Waals surface area contributed by atoms with Crippen molar-refractivity contribution in [1.82, 2.24) is 14.7 Å². The fourth-order valence-electron chi connectivity index (χ4n) is 6.92. The first-order chi connectivity index (χ1) is 19.7. The Hall–Kier alpha value is -3.14. The largest absolute Gasteiger partial charge is 0.459 e. The molecule has 3 fully saturated rings. The van der Waals surface area contributed by atoms with Gasteiger partial charge in [-0.2, -0.15) is 0 Å². The Bertz CT molecular complexity index is 1490. The van der Waals surface area contributed by atoms with E-state index in [1.165, 1.54) is 11.8 Å². The maximum Gasteiger partial charge on any atom is 0.289 e. The van der Waals surface area contributed by atoms with Crippen LogP contribution in [0.2, 0.25) is 0 Å². The van der Waals surface area contributed by atoms with Crippen LogP contribution in [0.3, 0.4) is 0 Å². The van der Waals surface area contributed by atoms with Gasteiger partial charge >= 0.3 is 0 Å². The summed E-state index contributed by atoms with van der Waals surface area (Å²) in [4.78, 5) is 33.3. The Morgan fingerprint density at radius 1 is 0.929 bits per heavy atom. The average molecular weight is 612 g/mol. The lowest BCUT2D eigenvalue weighted by molar-refractivity contribution is -0.139. The molecule has 0 radical (unpaired) electrons. The zero-order valence-electron chi connectivity index (χ0n) is 23.9. The van der Waals surface area contributed by atoms with Gasteiger partial charge in [0.05, 0.1) is 16.6 Å². The number of nitrogens with zero attached hydrogens (tertiary/aromatic N) is 3. The van der Waals surface area contributed by atoms with Gasteiger partial charge in [-0.15, -0.1) is 12.4 Å². The van der Waals surface area contributed by atoms with E-state index in [-0.39, 0.29) is 35.6 Å². The van der Waals surface area contributed by atoms with Gasteiger partial charge in [0, 0.05) is 44.9 Å². The summed E-state index contributed by atoms with van der Waals surface area (Å²) in [5, 5.41) is 0. The molecule has 3 saturated heterocycles. The van der Waals surface area contributed by atoms with Crippen molar-refractivity contribution in [2.24, 2.45) is 11.3 Å². The van der Waals surface area contributed by atoms with E-state index < -0.39 is 9.84 Å². The van der Waals surface area contributed by atoms with Crippen LogP contribution in [0.15, 0.2) is 82.3 Å². The molecule has 2 amide bonds. The van der Waals surface area contributed by atoms with Gasteiger partial charge in [0.1, 0.15) is 0 Å². The molecule has 0 aliphatic carbocycles. The highest BCUT2D eigenvalue weighted by Crippen LogP contribution is 2.43. The quantitative estimate of drug-likeness (QED) is 0.391. The van der Waals surface area contributed by atoms with Crippen LogP contribution in [0.5, 0.6) is 0 Å². The van der Waals surface area contributed by atoms with Gasteiger partial charge in [-0.1, -0.05) is 42.5 Å². The number of sulfone groups is 1. The van der Waals surface area contributed by atoms with E-state index in [4.69, 9.17) is 4.42 Å². The van der Waals surface area contributed by atoms with Crippen molar-refractivity contribution in [3.8, 4) is 0 Å². The number of piperidine rings is 1. The van der Waals surface area contributed by atoms with E-state index >= 15 is 0 Å². The molecule has 4 heterocycles. The number of rotatable bonds is 7. The summed E-state index contributed by atoms with van der Waals surface area (Å²) in [6.45, 7) is 5.22. The van der Waals surface area contributed by atoms with Crippen molar-refractivity contribution >= 4 is 34.1 Å². The average Bonchev–Trinajstić information content (AvgIpc) is 3.72. The summed E-state index contributed by atoms with van der Waals surface area (Å²) >= 11 is 0. The van der Waals surface area contributed by atoms with Gasteiger partial charge in [-0.05, 0) is 73.7 Å². The van der Waals surface area contributed by atoms with Crippen LogP contribution in [0.1, 0.15) is 46.9 Å². The van der Waals surface area contributed by atoms with Gasteiger partial charge in [0.15, 0.2) is 15.6 Å². The minimum Gasteiger partial charge on any atom is -0.459 e. The maximum absolute atomic E-state index is 13.6. The Morgan fingerprint density at radius 2 is 1.62 bits per heavy atom. The molecule has 224 valence electrons. The van der Waals surface area contributed by atoms with Gasteiger partial charge in [0.2, 0.25) is 5.91 Å². The highest BCUT2D eigenvalue weighted by atomic mass is 35.5. The molecule has 2 atom stereocenters. The lowest BCUT2D eigenvalue weighted by Gasteiger charge is -2.39. The maximum atomic E-state index is 13.6. The Labute approximate surface area is 254 Å². The molecule has 1 spiro atoms. The van der Waals surface area contributed by atoms with E-state index in [0.717, 1.165) is 51.0 Å². The van der Waals surface area contributed by atoms with Crippen molar-refractivity contribution < 1.29 is 22.4 Å². The second-order valence-corrected chi connectivity index (χ2v) is 14.0. The lowest BCUT2D eigenvalue weighted by atomic mass is 9.76. The summed E-state index contributed by atoms with van der Waals surface area (Å²) < 4.78 is 28.9. The molecule has 42 heavy (non-hydrogen) atoms. The van der Waals surface area contributed by atoms with Crippen LogP contribution >= 0.6 is 12.4 Å². The van der Waals surface area contributed by atoms with Gasteiger partial charge < -0.3 is 19.1 Å². The zero-order chi connectivity index (χ0) is 28.6. The monoisotopic (exact) mass is 611 g/mol. The number of halogens is 1. The minimum absolute atomic E-state index is 0. The molecule has 3 aromatic rings. The number of carbonyl (C=O) groups excluding carboxylic acids is 2. The van der Waals surface area contributed by atoms with Crippen molar-refractivity contribution in [3.05, 3.63) is 89.9 Å². The molecule has 6 rings (SSSR count). The third-order valence-corrected chi connectivity index (χ3v) is 10.4. The standard InChI is InChI=1S/C32H37N3O5S.ClH/c1-41(38,39)27-11-9-24(10-12-27)20-34-18-15-32(31(34)37)13-16-33(17-14-32)21-26-22-35(30(36)29-8-5-19-40-29)23-28(26)25-6-3-2-4-7-25;/h2-12,19,26,28H,13-18,20-23H2,1H3;1H. The smallest absolute Gasteiger partial charge is 0.289 e. The summed E-state index contributed by atoms with van der Waals surface area (Å²) in [7, 11) is -3.24. The molecule has 0 N–H and O–H groups in total. The van der Waals surface area contributed by atoms with E-state index in [0.29, 0.717) is 36.2 Å². The first-order valence-electron chi connectivity index (χ1n) is 14.4. The fraction of sp³-hybridized carbons (Fsp3) is 0.438. The topological polar surface area (TPSA) is 91.1 Å². The molecule has 10 heteroatoms. The molecule has 2 unspecified atom stereocenters. The van der Waals surface area contributed by atoms with E-state index in [9.17, 15) is 18.0 Å². The SMILES string of the molecule is CS(=O)(=O)c1ccc(CN2CCC3(CCN(CC4CN(C(=O)c5ccco5)CC4c4ccccc4)CC3)C2=O)cc1.Cl.